The molecule has 2 fully saturated rings. The van der Waals surface area contributed by atoms with Crippen molar-refractivity contribution in [3.05, 3.63) is 0 Å². The van der Waals surface area contributed by atoms with Gasteiger partial charge in [-0.3, -0.25) is 4.90 Å². The summed E-state index contributed by atoms with van der Waals surface area (Å²) in [5.41, 5.74) is 0.489. The smallest absolute Gasteiger partial charge is 0.0730 e. The normalized spacial score (nSPS) is 38.6. The Balaban J connectivity index is 0.00000128. The number of nitrogens with zero attached hydrogens (tertiary/aromatic N) is 1. The molecular formula is C12H25ClN2O. The van der Waals surface area contributed by atoms with Crippen molar-refractivity contribution in [1.29, 1.82) is 0 Å². The molecule has 0 amide bonds. The minimum absolute atomic E-state index is 0. The molecule has 2 aliphatic heterocycles. The van der Waals surface area contributed by atoms with Crippen molar-refractivity contribution >= 4 is 12.4 Å². The Morgan fingerprint density at radius 3 is 2.50 bits per heavy atom. The molecule has 0 bridgehead atoms. The van der Waals surface area contributed by atoms with Gasteiger partial charge in [0.05, 0.1) is 6.10 Å². The molecule has 3 nitrogen and oxygen atoms in total. The predicted octanol–water partition coefficient (Wildman–Crippen LogP) is 1.11. The first-order valence-electron chi connectivity index (χ1n) is 6.03. The van der Waals surface area contributed by atoms with Crippen molar-refractivity contribution in [3.8, 4) is 0 Å². The lowest BCUT2D eigenvalue weighted by Crippen LogP contribution is -2.36. The van der Waals surface area contributed by atoms with E-state index in [1.165, 1.54) is 6.42 Å². The molecule has 0 saturated carbocycles. The summed E-state index contributed by atoms with van der Waals surface area (Å²) >= 11 is 0. The van der Waals surface area contributed by atoms with Gasteiger partial charge in [-0.15, -0.1) is 12.4 Å². The minimum atomic E-state index is -0.157. The van der Waals surface area contributed by atoms with Crippen molar-refractivity contribution in [2.75, 3.05) is 32.7 Å². The molecule has 2 aliphatic rings. The van der Waals surface area contributed by atoms with Crippen molar-refractivity contribution in [1.82, 2.24) is 10.2 Å². The lowest BCUT2D eigenvalue weighted by Gasteiger charge is -2.29. The molecule has 0 aliphatic carbocycles. The second-order valence-corrected chi connectivity index (χ2v) is 6.41. The van der Waals surface area contributed by atoms with Crippen LogP contribution in [0.1, 0.15) is 27.2 Å². The summed E-state index contributed by atoms with van der Waals surface area (Å²) in [6.07, 6.45) is 1.11. The summed E-state index contributed by atoms with van der Waals surface area (Å²) in [7, 11) is 0. The highest BCUT2D eigenvalue weighted by atomic mass is 35.5. The van der Waals surface area contributed by atoms with Gasteiger partial charge in [-0.05, 0) is 18.4 Å². The SMILES string of the molecule is CC1(CN2CC(O)C(C)(C)C2)CCNC1.Cl. The molecule has 2 heterocycles. The number of aliphatic hydroxyl groups is 1. The van der Waals surface area contributed by atoms with Crippen molar-refractivity contribution in [2.45, 2.75) is 33.3 Å². The van der Waals surface area contributed by atoms with Crippen LogP contribution in [0.25, 0.3) is 0 Å². The third-order valence-electron chi connectivity index (χ3n) is 4.03. The summed E-state index contributed by atoms with van der Waals surface area (Å²) in [4.78, 5) is 2.43. The second kappa shape index (κ2) is 4.81. The summed E-state index contributed by atoms with van der Waals surface area (Å²) in [6, 6.07) is 0. The molecule has 2 atom stereocenters. The number of hydrogen-bond donors (Lipinski definition) is 2. The fourth-order valence-electron chi connectivity index (χ4n) is 2.90. The van der Waals surface area contributed by atoms with E-state index >= 15 is 0 Å². The first kappa shape index (κ1) is 14.2. The zero-order chi connectivity index (χ0) is 11.1. The van der Waals surface area contributed by atoms with Gasteiger partial charge in [-0.25, -0.2) is 0 Å². The van der Waals surface area contributed by atoms with Gasteiger partial charge in [0.2, 0.25) is 0 Å². The van der Waals surface area contributed by atoms with Crippen LogP contribution in [0.15, 0.2) is 0 Å². The number of likely N-dealkylation sites (tertiary alicyclic amines) is 1. The molecule has 4 heteroatoms. The fourth-order valence-corrected chi connectivity index (χ4v) is 2.90. The van der Waals surface area contributed by atoms with Crippen LogP contribution in [0, 0.1) is 10.8 Å². The van der Waals surface area contributed by atoms with E-state index in [9.17, 15) is 5.11 Å². The Morgan fingerprint density at radius 1 is 1.38 bits per heavy atom. The van der Waals surface area contributed by atoms with E-state index in [0.29, 0.717) is 5.41 Å². The number of halogens is 1. The molecule has 2 unspecified atom stereocenters. The largest absolute Gasteiger partial charge is 0.391 e. The first-order chi connectivity index (χ1) is 6.91. The van der Waals surface area contributed by atoms with E-state index in [-0.39, 0.29) is 23.9 Å². The molecule has 0 aromatic heterocycles. The van der Waals surface area contributed by atoms with Crippen molar-refractivity contribution in [2.24, 2.45) is 10.8 Å². The van der Waals surface area contributed by atoms with E-state index in [0.717, 1.165) is 32.7 Å². The fraction of sp³-hybridized carbons (Fsp3) is 1.00. The predicted molar refractivity (Wildman–Crippen MR) is 69.1 cm³/mol. The van der Waals surface area contributed by atoms with Gasteiger partial charge >= 0.3 is 0 Å². The van der Waals surface area contributed by atoms with Gasteiger partial charge < -0.3 is 10.4 Å². The van der Waals surface area contributed by atoms with Gasteiger partial charge in [0.1, 0.15) is 0 Å². The lowest BCUT2D eigenvalue weighted by molar-refractivity contribution is 0.0950. The van der Waals surface area contributed by atoms with E-state index in [1.807, 2.05) is 0 Å². The zero-order valence-corrected chi connectivity index (χ0v) is 11.4. The molecule has 0 radical (unpaired) electrons. The van der Waals surface area contributed by atoms with Gasteiger partial charge in [0.15, 0.2) is 0 Å². The molecule has 0 aromatic carbocycles. The van der Waals surface area contributed by atoms with Gasteiger partial charge in [-0.1, -0.05) is 20.8 Å². The van der Waals surface area contributed by atoms with Crippen LogP contribution in [0.4, 0.5) is 0 Å². The molecule has 2 rings (SSSR count). The number of rotatable bonds is 2. The Hall–Kier alpha value is 0.170. The summed E-state index contributed by atoms with van der Waals surface area (Å²) in [6.45, 7) is 12.0. The Kier molecular flexibility index (Phi) is 4.28. The van der Waals surface area contributed by atoms with E-state index < -0.39 is 0 Å². The first-order valence-corrected chi connectivity index (χ1v) is 6.03. The van der Waals surface area contributed by atoms with Crippen molar-refractivity contribution in [3.63, 3.8) is 0 Å². The standard InChI is InChI=1S/C12H24N2O.ClH/c1-11(2)8-14(6-10(11)15)9-12(3)4-5-13-7-12;/h10,13,15H,4-9H2,1-3H3;1H. The highest BCUT2D eigenvalue weighted by Crippen LogP contribution is 2.33. The third kappa shape index (κ3) is 2.89. The molecule has 96 valence electrons. The monoisotopic (exact) mass is 248 g/mol. The van der Waals surface area contributed by atoms with Crippen molar-refractivity contribution < 1.29 is 5.11 Å². The van der Waals surface area contributed by atoms with Crippen LogP contribution in [0.2, 0.25) is 0 Å². The maximum absolute atomic E-state index is 9.93. The van der Waals surface area contributed by atoms with Gasteiger partial charge in [0.25, 0.3) is 0 Å². The number of nitrogens with one attached hydrogen (secondary N) is 1. The Labute approximate surface area is 105 Å². The Morgan fingerprint density at radius 2 is 2.06 bits per heavy atom. The third-order valence-corrected chi connectivity index (χ3v) is 4.03. The second-order valence-electron chi connectivity index (χ2n) is 6.41. The molecule has 2 saturated heterocycles. The number of β-amino-alcohol motifs (C(OH)–C–C–N with tert-alkyl or cyclic N) is 1. The molecule has 0 spiro atoms. The van der Waals surface area contributed by atoms with Crippen LogP contribution >= 0.6 is 12.4 Å². The highest BCUT2D eigenvalue weighted by Gasteiger charge is 2.41. The maximum atomic E-state index is 9.93. The number of hydrogen-bond acceptors (Lipinski definition) is 3. The molecule has 0 aromatic rings. The van der Waals surface area contributed by atoms with Gasteiger partial charge in [-0.2, -0.15) is 0 Å². The minimum Gasteiger partial charge on any atom is -0.391 e. The average molecular weight is 249 g/mol. The van der Waals surface area contributed by atoms with Crippen LogP contribution in [0.3, 0.4) is 0 Å². The molecular weight excluding hydrogens is 224 g/mol. The van der Waals surface area contributed by atoms with Crippen LogP contribution in [-0.2, 0) is 0 Å². The zero-order valence-electron chi connectivity index (χ0n) is 10.6. The van der Waals surface area contributed by atoms with E-state index in [2.05, 4.69) is 31.0 Å². The van der Waals surface area contributed by atoms with Crippen LogP contribution < -0.4 is 5.32 Å². The lowest BCUT2D eigenvalue weighted by atomic mass is 9.88. The van der Waals surface area contributed by atoms with Gasteiger partial charge in [0, 0.05) is 31.6 Å². The maximum Gasteiger partial charge on any atom is 0.0730 e. The highest BCUT2D eigenvalue weighted by molar-refractivity contribution is 5.85. The summed E-state index contributed by atoms with van der Waals surface area (Å²) < 4.78 is 0. The molecule has 2 N–H and O–H groups in total. The topological polar surface area (TPSA) is 35.5 Å². The van der Waals surface area contributed by atoms with E-state index in [4.69, 9.17) is 0 Å². The average Bonchev–Trinajstić information content (AvgIpc) is 2.59. The quantitative estimate of drug-likeness (QED) is 0.769. The molecule has 16 heavy (non-hydrogen) atoms. The number of aliphatic hydroxyl groups excluding tert-OH is 1. The summed E-state index contributed by atoms with van der Waals surface area (Å²) in [5.74, 6) is 0. The summed E-state index contributed by atoms with van der Waals surface area (Å²) in [5, 5.41) is 13.4. The van der Waals surface area contributed by atoms with Crippen LogP contribution in [0.5, 0.6) is 0 Å². The van der Waals surface area contributed by atoms with E-state index in [1.54, 1.807) is 0 Å². The van der Waals surface area contributed by atoms with Crippen LogP contribution in [-0.4, -0.2) is 48.8 Å². The Bertz CT molecular complexity index is 239.